The zero-order valence-corrected chi connectivity index (χ0v) is 17.3. The van der Waals surface area contributed by atoms with Crippen molar-refractivity contribution in [1.29, 1.82) is 0 Å². The standard InChI is InChI=1S/C22H24N4O2S/c1-3-26(4-2)18-12-9-17(10-13-18)22(28)25-24-20(27)15-29-21-14-11-16-7-5-6-8-19(16)23-21/h5-14H,3-4,15H2,1-2H3,(H,24,27)(H,25,28). The monoisotopic (exact) mass is 408 g/mol. The van der Waals surface area contributed by atoms with Gasteiger partial charge in [0.1, 0.15) is 0 Å². The van der Waals surface area contributed by atoms with E-state index >= 15 is 0 Å². The van der Waals surface area contributed by atoms with E-state index < -0.39 is 0 Å². The zero-order valence-electron chi connectivity index (χ0n) is 16.5. The third-order valence-electron chi connectivity index (χ3n) is 4.50. The number of carbonyl (C=O) groups excluding carboxylic acids is 2. The number of rotatable bonds is 7. The van der Waals surface area contributed by atoms with Crippen molar-refractivity contribution in [3.8, 4) is 0 Å². The Balaban J connectivity index is 1.48. The molecule has 3 rings (SSSR count). The van der Waals surface area contributed by atoms with Crippen LogP contribution in [0.2, 0.25) is 0 Å². The minimum absolute atomic E-state index is 0.159. The molecule has 150 valence electrons. The molecule has 0 bridgehead atoms. The molecule has 0 unspecified atom stereocenters. The summed E-state index contributed by atoms with van der Waals surface area (Å²) in [6, 6.07) is 19.0. The van der Waals surface area contributed by atoms with Gasteiger partial charge in [-0.3, -0.25) is 20.4 Å². The summed E-state index contributed by atoms with van der Waals surface area (Å²) in [6.07, 6.45) is 0. The summed E-state index contributed by atoms with van der Waals surface area (Å²) in [5, 5.41) is 1.82. The molecule has 0 saturated heterocycles. The first kappa shape index (κ1) is 20.7. The first-order valence-corrected chi connectivity index (χ1v) is 10.5. The molecule has 2 aromatic carbocycles. The number of hydrogen-bond donors (Lipinski definition) is 2. The number of anilines is 1. The Kier molecular flexibility index (Phi) is 7.08. The summed E-state index contributed by atoms with van der Waals surface area (Å²) < 4.78 is 0. The van der Waals surface area contributed by atoms with Crippen LogP contribution in [-0.4, -0.2) is 35.6 Å². The number of fused-ring (bicyclic) bond motifs is 1. The van der Waals surface area contributed by atoms with Crippen molar-refractivity contribution >= 4 is 40.2 Å². The van der Waals surface area contributed by atoms with E-state index in [0.29, 0.717) is 5.56 Å². The largest absolute Gasteiger partial charge is 0.372 e. The molecular weight excluding hydrogens is 384 g/mol. The van der Waals surface area contributed by atoms with Crippen LogP contribution in [0.3, 0.4) is 0 Å². The quantitative estimate of drug-likeness (QED) is 0.461. The van der Waals surface area contributed by atoms with Crippen molar-refractivity contribution < 1.29 is 9.59 Å². The van der Waals surface area contributed by atoms with Crippen LogP contribution in [0.15, 0.2) is 65.7 Å². The molecule has 29 heavy (non-hydrogen) atoms. The van der Waals surface area contributed by atoms with Crippen LogP contribution in [0.25, 0.3) is 10.9 Å². The van der Waals surface area contributed by atoms with E-state index in [-0.39, 0.29) is 17.6 Å². The van der Waals surface area contributed by atoms with Crippen LogP contribution >= 0.6 is 11.8 Å². The van der Waals surface area contributed by atoms with Crippen molar-refractivity contribution in [1.82, 2.24) is 15.8 Å². The van der Waals surface area contributed by atoms with E-state index in [4.69, 9.17) is 0 Å². The van der Waals surface area contributed by atoms with E-state index in [2.05, 4.69) is 34.6 Å². The highest BCUT2D eigenvalue weighted by molar-refractivity contribution is 7.99. The molecule has 1 aromatic heterocycles. The van der Waals surface area contributed by atoms with Crippen molar-refractivity contribution in [2.24, 2.45) is 0 Å². The number of hydrazine groups is 1. The molecule has 0 fully saturated rings. The lowest BCUT2D eigenvalue weighted by Gasteiger charge is -2.21. The Morgan fingerprint density at radius 1 is 0.931 bits per heavy atom. The summed E-state index contributed by atoms with van der Waals surface area (Å²) in [5.74, 6) is -0.483. The van der Waals surface area contributed by atoms with Gasteiger partial charge in [-0.25, -0.2) is 4.98 Å². The van der Waals surface area contributed by atoms with Gasteiger partial charge in [0, 0.05) is 29.7 Å². The molecule has 2 N–H and O–H groups in total. The molecule has 0 radical (unpaired) electrons. The number of pyridine rings is 1. The summed E-state index contributed by atoms with van der Waals surface area (Å²) >= 11 is 1.32. The second-order valence-electron chi connectivity index (χ2n) is 6.35. The molecule has 0 aliphatic carbocycles. The third kappa shape index (κ3) is 5.48. The number of carbonyl (C=O) groups is 2. The molecule has 2 amide bonds. The molecule has 0 saturated carbocycles. The second-order valence-corrected chi connectivity index (χ2v) is 7.35. The lowest BCUT2D eigenvalue weighted by Crippen LogP contribution is -2.42. The maximum absolute atomic E-state index is 12.2. The molecule has 0 spiro atoms. The van der Waals surface area contributed by atoms with Gasteiger partial charge in [-0.05, 0) is 50.2 Å². The van der Waals surface area contributed by atoms with Crippen molar-refractivity contribution in [2.45, 2.75) is 18.9 Å². The smallest absolute Gasteiger partial charge is 0.269 e. The highest BCUT2D eigenvalue weighted by Crippen LogP contribution is 2.19. The van der Waals surface area contributed by atoms with E-state index in [1.54, 1.807) is 12.1 Å². The maximum atomic E-state index is 12.2. The fraction of sp³-hybridized carbons (Fsp3) is 0.227. The van der Waals surface area contributed by atoms with Gasteiger partial charge in [0.25, 0.3) is 5.91 Å². The van der Waals surface area contributed by atoms with Crippen LogP contribution in [0.1, 0.15) is 24.2 Å². The van der Waals surface area contributed by atoms with Crippen molar-refractivity contribution in [2.75, 3.05) is 23.7 Å². The molecule has 0 aliphatic heterocycles. The Labute approximate surface area is 174 Å². The van der Waals surface area contributed by atoms with Crippen molar-refractivity contribution in [3.63, 3.8) is 0 Å². The predicted molar refractivity (Wildman–Crippen MR) is 118 cm³/mol. The van der Waals surface area contributed by atoms with Crippen LogP contribution in [0.4, 0.5) is 5.69 Å². The normalized spacial score (nSPS) is 10.6. The van der Waals surface area contributed by atoms with Gasteiger partial charge in [-0.15, -0.1) is 0 Å². The maximum Gasteiger partial charge on any atom is 0.269 e. The fourth-order valence-corrected chi connectivity index (χ4v) is 3.59. The van der Waals surface area contributed by atoms with Crippen LogP contribution < -0.4 is 15.8 Å². The average molecular weight is 409 g/mol. The van der Waals surface area contributed by atoms with E-state index in [9.17, 15) is 9.59 Å². The number of amides is 2. The van der Waals surface area contributed by atoms with Gasteiger partial charge in [-0.1, -0.05) is 36.0 Å². The molecule has 7 heteroatoms. The number of aromatic nitrogens is 1. The first-order chi connectivity index (χ1) is 14.1. The second kappa shape index (κ2) is 9.93. The Morgan fingerprint density at radius 3 is 2.38 bits per heavy atom. The number of hydrogen-bond acceptors (Lipinski definition) is 5. The van der Waals surface area contributed by atoms with Crippen LogP contribution in [0.5, 0.6) is 0 Å². The molecular formula is C22H24N4O2S. The Morgan fingerprint density at radius 2 is 1.66 bits per heavy atom. The molecule has 3 aromatic rings. The highest BCUT2D eigenvalue weighted by atomic mass is 32.2. The van der Waals surface area contributed by atoms with Crippen LogP contribution in [0, 0.1) is 0 Å². The summed E-state index contributed by atoms with van der Waals surface area (Å²) in [4.78, 5) is 31.0. The minimum Gasteiger partial charge on any atom is -0.372 e. The van der Waals surface area contributed by atoms with E-state index in [1.807, 2.05) is 48.5 Å². The lowest BCUT2D eigenvalue weighted by atomic mass is 10.2. The SMILES string of the molecule is CCN(CC)c1ccc(C(=O)NNC(=O)CSc2ccc3ccccc3n2)cc1. The summed E-state index contributed by atoms with van der Waals surface area (Å²) in [7, 11) is 0. The van der Waals surface area contributed by atoms with Gasteiger partial charge in [0.2, 0.25) is 5.91 Å². The zero-order chi connectivity index (χ0) is 20.6. The predicted octanol–water partition coefficient (Wildman–Crippen LogP) is 3.63. The van der Waals surface area contributed by atoms with Gasteiger partial charge in [0.05, 0.1) is 16.3 Å². The van der Waals surface area contributed by atoms with Crippen molar-refractivity contribution in [3.05, 3.63) is 66.2 Å². The Bertz CT molecular complexity index is 988. The van der Waals surface area contributed by atoms with E-state index in [1.165, 1.54) is 11.8 Å². The number of thioether (sulfide) groups is 1. The molecule has 6 nitrogen and oxygen atoms in total. The molecule has 0 atom stereocenters. The highest BCUT2D eigenvalue weighted by Gasteiger charge is 2.09. The minimum atomic E-state index is -0.349. The number of benzene rings is 2. The van der Waals surface area contributed by atoms with Gasteiger partial charge >= 0.3 is 0 Å². The molecule has 0 aliphatic rings. The fourth-order valence-electron chi connectivity index (χ4n) is 2.91. The Hall–Kier alpha value is -3.06. The lowest BCUT2D eigenvalue weighted by molar-refractivity contribution is -0.119. The van der Waals surface area contributed by atoms with E-state index in [0.717, 1.165) is 34.7 Å². The average Bonchev–Trinajstić information content (AvgIpc) is 2.77. The number of nitrogens with one attached hydrogen (secondary N) is 2. The van der Waals surface area contributed by atoms with Gasteiger partial charge in [-0.2, -0.15) is 0 Å². The first-order valence-electron chi connectivity index (χ1n) is 9.53. The topological polar surface area (TPSA) is 74.3 Å². The van der Waals surface area contributed by atoms with Crippen LogP contribution in [-0.2, 0) is 4.79 Å². The summed E-state index contributed by atoms with van der Waals surface area (Å²) in [6.45, 7) is 5.99. The molecule has 1 heterocycles. The number of nitrogens with zero attached hydrogens (tertiary/aromatic N) is 2. The summed E-state index contributed by atoms with van der Waals surface area (Å²) in [5.41, 5.74) is 7.35. The van der Waals surface area contributed by atoms with Gasteiger partial charge < -0.3 is 4.90 Å². The third-order valence-corrected chi connectivity index (χ3v) is 5.43. The number of para-hydroxylation sites is 1. The van der Waals surface area contributed by atoms with Gasteiger partial charge in [0.15, 0.2) is 0 Å².